The van der Waals surface area contributed by atoms with Gasteiger partial charge >= 0.3 is 0 Å². The molecule has 2 aromatic heterocycles. The van der Waals surface area contributed by atoms with Crippen LogP contribution in [0.3, 0.4) is 0 Å². The van der Waals surface area contributed by atoms with Crippen LogP contribution in [0.5, 0.6) is 0 Å². The molecule has 0 aliphatic carbocycles. The molecule has 0 aliphatic rings. The molecule has 2 aromatic rings. The molecule has 7 heteroatoms. The van der Waals surface area contributed by atoms with Gasteiger partial charge in [0.1, 0.15) is 10.0 Å². The Kier molecular flexibility index (Phi) is 5.06. The first kappa shape index (κ1) is 13.6. The SMILES string of the molecule is Nc1c(Cl)c(F)nc(F)c1Cl.c1ccncc1. The molecule has 0 aliphatic heterocycles. The van der Waals surface area contributed by atoms with E-state index in [1.807, 2.05) is 18.2 Å². The quantitative estimate of drug-likeness (QED) is 0.752. The highest BCUT2D eigenvalue weighted by atomic mass is 35.5. The third kappa shape index (κ3) is 3.80. The second-order valence-electron chi connectivity index (χ2n) is 2.76. The summed E-state index contributed by atoms with van der Waals surface area (Å²) in [6, 6.07) is 5.72. The molecule has 0 radical (unpaired) electrons. The fourth-order valence-corrected chi connectivity index (χ4v) is 1.14. The Hall–Kier alpha value is -1.46. The molecule has 0 saturated carbocycles. The summed E-state index contributed by atoms with van der Waals surface area (Å²) in [7, 11) is 0. The van der Waals surface area contributed by atoms with Crippen molar-refractivity contribution in [3.63, 3.8) is 0 Å². The number of halogens is 4. The molecule has 2 rings (SSSR count). The van der Waals surface area contributed by atoms with Gasteiger partial charge in [0.2, 0.25) is 11.9 Å². The van der Waals surface area contributed by atoms with Crippen molar-refractivity contribution in [1.29, 1.82) is 0 Å². The minimum atomic E-state index is -1.16. The molecule has 3 nitrogen and oxygen atoms in total. The van der Waals surface area contributed by atoms with Crippen LogP contribution in [0.2, 0.25) is 10.0 Å². The zero-order chi connectivity index (χ0) is 12.8. The molecule has 0 aromatic carbocycles. The van der Waals surface area contributed by atoms with Crippen LogP contribution >= 0.6 is 23.2 Å². The van der Waals surface area contributed by atoms with Crippen molar-refractivity contribution >= 4 is 28.9 Å². The van der Waals surface area contributed by atoms with E-state index < -0.39 is 21.9 Å². The predicted octanol–water partition coefficient (Wildman–Crippen LogP) is 3.33. The van der Waals surface area contributed by atoms with Gasteiger partial charge in [0.05, 0.1) is 5.69 Å². The molecule has 0 amide bonds. The molecule has 0 atom stereocenters. The number of nitrogen functional groups attached to an aromatic ring is 1. The zero-order valence-corrected chi connectivity index (χ0v) is 9.88. The van der Waals surface area contributed by atoms with Crippen LogP contribution in [0.15, 0.2) is 30.6 Å². The standard InChI is InChI=1S/C5H2Cl2F2N2.C5H5N/c6-1-3(10)2(7)5(9)11-4(1)8;1-2-4-6-5-3-1/h(H2,10,11);1-5H. The zero-order valence-electron chi connectivity index (χ0n) is 8.37. The highest BCUT2D eigenvalue weighted by Crippen LogP contribution is 2.29. The topological polar surface area (TPSA) is 51.8 Å². The van der Waals surface area contributed by atoms with E-state index in [0.717, 1.165) is 0 Å². The average molecular weight is 278 g/mol. The number of nitrogens with zero attached hydrogens (tertiary/aromatic N) is 2. The third-order valence-electron chi connectivity index (χ3n) is 1.60. The lowest BCUT2D eigenvalue weighted by atomic mass is 10.4. The van der Waals surface area contributed by atoms with Crippen LogP contribution < -0.4 is 5.73 Å². The molecule has 0 bridgehead atoms. The van der Waals surface area contributed by atoms with Crippen molar-refractivity contribution in [1.82, 2.24) is 9.97 Å². The first-order chi connectivity index (χ1) is 8.04. The number of aromatic nitrogens is 2. The summed E-state index contributed by atoms with van der Waals surface area (Å²) in [5.74, 6) is -2.32. The van der Waals surface area contributed by atoms with Gasteiger partial charge in [0, 0.05) is 12.4 Å². The Morgan fingerprint density at radius 2 is 1.41 bits per heavy atom. The van der Waals surface area contributed by atoms with Crippen molar-refractivity contribution < 1.29 is 8.78 Å². The number of anilines is 1. The van der Waals surface area contributed by atoms with Crippen LogP contribution in [0.4, 0.5) is 14.5 Å². The molecule has 17 heavy (non-hydrogen) atoms. The summed E-state index contributed by atoms with van der Waals surface area (Å²) in [5, 5.41) is -0.923. The maximum absolute atomic E-state index is 12.4. The van der Waals surface area contributed by atoms with Crippen LogP contribution in [-0.4, -0.2) is 9.97 Å². The van der Waals surface area contributed by atoms with Gasteiger partial charge in [-0.1, -0.05) is 29.3 Å². The molecular weight excluding hydrogens is 271 g/mol. The number of rotatable bonds is 0. The van der Waals surface area contributed by atoms with Gasteiger partial charge in [-0.05, 0) is 12.1 Å². The minimum absolute atomic E-state index is 0.335. The molecule has 2 N–H and O–H groups in total. The van der Waals surface area contributed by atoms with Crippen LogP contribution in [-0.2, 0) is 0 Å². The second kappa shape index (κ2) is 6.32. The van der Waals surface area contributed by atoms with E-state index in [1.54, 1.807) is 12.4 Å². The molecule has 0 saturated heterocycles. The lowest BCUT2D eigenvalue weighted by Gasteiger charge is -2.00. The fraction of sp³-hybridized carbons (Fsp3) is 0. The second-order valence-corrected chi connectivity index (χ2v) is 3.52. The summed E-state index contributed by atoms with van der Waals surface area (Å²) in [6.45, 7) is 0. The van der Waals surface area contributed by atoms with E-state index >= 15 is 0 Å². The Labute approximate surface area is 106 Å². The Morgan fingerprint density at radius 3 is 1.71 bits per heavy atom. The molecule has 0 unspecified atom stereocenters. The average Bonchev–Trinajstić information content (AvgIpc) is 2.37. The molecular formula is C10H7Cl2F2N3. The summed E-state index contributed by atoms with van der Waals surface area (Å²) in [4.78, 5) is 6.54. The molecule has 2 heterocycles. The van der Waals surface area contributed by atoms with E-state index in [2.05, 4.69) is 9.97 Å². The minimum Gasteiger partial charge on any atom is -0.396 e. The van der Waals surface area contributed by atoms with Crippen LogP contribution in [0.25, 0.3) is 0 Å². The van der Waals surface area contributed by atoms with Gasteiger partial charge < -0.3 is 5.73 Å². The van der Waals surface area contributed by atoms with E-state index in [4.69, 9.17) is 28.9 Å². The Morgan fingerprint density at radius 1 is 0.941 bits per heavy atom. The van der Waals surface area contributed by atoms with Gasteiger partial charge in [-0.15, -0.1) is 0 Å². The van der Waals surface area contributed by atoms with Gasteiger partial charge in [-0.3, -0.25) is 4.98 Å². The number of pyridine rings is 2. The monoisotopic (exact) mass is 277 g/mol. The molecule has 90 valence electrons. The van der Waals surface area contributed by atoms with Crippen molar-refractivity contribution in [3.8, 4) is 0 Å². The maximum atomic E-state index is 12.4. The summed E-state index contributed by atoms with van der Waals surface area (Å²) >= 11 is 10.5. The Bertz CT molecular complexity index is 442. The Balaban J connectivity index is 0.000000202. The van der Waals surface area contributed by atoms with E-state index in [1.165, 1.54) is 0 Å². The lowest BCUT2D eigenvalue weighted by molar-refractivity contribution is 0.514. The summed E-state index contributed by atoms with van der Waals surface area (Å²) in [5.41, 5.74) is 4.76. The van der Waals surface area contributed by atoms with Gasteiger partial charge in [-0.25, -0.2) is 0 Å². The highest BCUT2D eigenvalue weighted by molar-refractivity contribution is 6.38. The fourth-order valence-electron chi connectivity index (χ4n) is 0.816. The van der Waals surface area contributed by atoms with Gasteiger partial charge in [-0.2, -0.15) is 13.8 Å². The van der Waals surface area contributed by atoms with Crippen molar-refractivity contribution in [2.75, 3.05) is 5.73 Å². The summed E-state index contributed by atoms with van der Waals surface area (Å²) < 4.78 is 24.8. The van der Waals surface area contributed by atoms with Gasteiger partial charge in [0.15, 0.2) is 0 Å². The predicted molar refractivity (Wildman–Crippen MR) is 62.8 cm³/mol. The van der Waals surface area contributed by atoms with E-state index in [9.17, 15) is 8.78 Å². The first-order valence-corrected chi connectivity index (χ1v) is 5.10. The smallest absolute Gasteiger partial charge is 0.236 e. The largest absolute Gasteiger partial charge is 0.396 e. The number of hydrogen-bond acceptors (Lipinski definition) is 3. The van der Waals surface area contributed by atoms with Gasteiger partial charge in [0.25, 0.3) is 0 Å². The molecule has 0 fully saturated rings. The highest BCUT2D eigenvalue weighted by Gasteiger charge is 2.14. The third-order valence-corrected chi connectivity index (χ3v) is 2.32. The first-order valence-electron chi connectivity index (χ1n) is 4.34. The lowest BCUT2D eigenvalue weighted by Crippen LogP contribution is -1.98. The van der Waals surface area contributed by atoms with E-state index in [0.29, 0.717) is 0 Å². The maximum Gasteiger partial charge on any atom is 0.236 e. The van der Waals surface area contributed by atoms with E-state index in [-0.39, 0.29) is 5.69 Å². The van der Waals surface area contributed by atoms with Crippen molar-refractivity contribution in [2.45, 2.75) is 0 Å². The van der Waals surface area contributed by atoms with Crippen molar-refractivity contribution in [3.05, 3.63) is 52.5 Å². The summed E-state index contributed by atoms with van der Waals surface area (Å²) in [6.07, 6.45) is 3.50. The number of nitrogens with two attached hydrogens (primary N) is 1. The van der Waals surface area contributed by atoms with Crippen molar-refractivity contribution in [2.24, 2.45) is 0 Å². The van der Waals surface area contributed by atoms with Crippen LogP contribution in [0.1, 0.15) is 0 Å². The normalized spacial score (nSPS) is 9.41. The number of hydrogen-bond donors (Lipinski definition) is 1. The molecule has 0 spiro atoms. The van der Waals surface area contributed by atoms with Crippen LogP contribution in [0, 0.1) is 11.9 Å².